The Hall–Kier alpha value is -3.71. The van der Waals surface area contributed by atoms with Crippen LogP contribution in [0.5, 0.6) is 0 Å². The standard InChI is InChI=1S/C28H28N4O2S/c1-19-4-10-24(11-5-19)27-30-31-28(32(27)25-14-6-20(2)7-15-25)35-18-26(34)23-12-8-22(9-13-23)16-17-29-21(3)33/h4-15H,16-18H2,1-3H3,(H,29,33). The van der Waals surface area contributed by atoms with Crippen LogP contribution in [0.3, 0.4) is 0 Å². The molecule has 0 spiro atoms. The lowest BCUT2D eigenvalue weighted by Gasteiger charge is -2.11. The van der Waals surface area contributed by atoms with Crippen molar-refractivity contribution in [3.05, 3.63) is 95.1 Å². The van der Waals surface area contributed by atoms with E-state index in [1.807, 2.05) is 53.1 Å². The Balaban J connectivity index is 1.52. The van der Waals surface area contributed by atoms with Gasteiger partial charge in [-0.2, -0.15) is 0 Å². The molecule has 0 fully saturated rings. The van der Waals surface area contributed by atoms with Gasteiger partial charge in [0, 0.05) is 30.3 Å². The van der Waals surface area contributed by atoms with Gasteiger partial charge in [-0.15, -0.1) is 10.2 Å². The topological polar surface area (TPSA) is 76.9 Å². The number of carbonyl (C=O) groups is 2. The summed E-state index contributed by atoms with van der Waals surface area (Å²) in [7, 11) is 0. The predicted molar refractivity (Wildman–Crippen MR) is 140 cm³/mol. The summed E-state index contributed by atoms with van der Waals surface area (Å²) in [6.07, 6.45) is 0.726. The lowest BCUT2D eigenvalue weighted by Crippen LogP contribution is -2.22. The summed E-state index contributed by atoms with van der Waals surface area (Å²) >= 11 is 1.38. The van der Waals surface area contributed by atoms with E-state index in [0.717, 1.165) is 29.1 Å². The minimum atomic E-state index is -0.0437. The highest BCUT2D eigenvalue weighted by Gasteiger charge is 2.18. The van der Waals surface area contributed by atoms with E-state index in [9.17, 15) is 9.59 Å². The van der Waals surface area contributed by atoms with E-state index < -0.39 is 0 Å². The van der Waals surface area contributed by atoms with Crippen LogP contribution in [0.4, 0.5) is 0 Å². The van der Waals surface area contributed by atoms with Gasteiger partial charge in [0.2, 0.25) is 5.91 Å². The summed E-state index contributed by atoms with van der Waals surface area (Å²) in [5.74, 6) is 0.979. The number of nitrogens with one attached hydrogen (secondary N) is 1. The van der Waals surface area contributed by atoms with Crippen LogP contribution in [-0.2, 0) is 11.2 Å². The molecule has 0 saturated carbocycles. The molecule has 35 heavy (non-hydrogen) atoms. The van der Waals surface area contributed by atoms with Crippen LogP contribution >= 0.6 is 11.8 Å². The molecule has 4 rings (SSSR count). The number of benzene rings is 3. The number of nitrogens with zero attached hydrogens (tertiary/aromatic N) is 3. The van der Waals surface area contributed by atoms with Gasteiger partial charge in [-0.25, -0.2) is 0 Å². The molecular formula is C28H28N4O2S. The van der Waals surface area contributed by atoms with Crippen LogP contribution in [0, 0.1) is 13.8 Å². The quantitative estimate of drug-likeness (QED) is 0.261. The van der Waals surface area contributed by atoms with Gasteiger partial charge in [-0.1, -0.05) is 83.6 Å². The van der Waals surface area contributed by atoms with Gasteiger partial charge >= 0.3 is 0 Å². The molecule has 0 bridgehead atoms. The van der Waals surface area contributed by atoms with Crippen molar-refractivity contribution in [2.45, 2.75) is 32.3 Å². The Kier molecular flexibility index (Phi) is 7.77. The highest BCUT2D eigenvalue weighted by atomic mass is 32.2. The molecule has 1 heterocycles. The van der Waals surface area contributed by atoms with Gasteiger partial charge in [-0.3, -0.25) is 14.2 Å². The Morgan fingerprint density at radius 1 is 0.857 bits per heavy atom. The molecule has 6 nitrogen and oxygen atoms in total. The second-order valence-corrected chi connectivity index (χ2v) is 9.43. The number of rotatable bonds is 9. The average Bonchev–Trinajstić information content (AvgIpc) is 3.27. The Labute approximate surface area is 209 Å². The Morgan fingerprint density at radius 3 is 2.11 bits per heavy atom. The van der Waals surface area contributed by atoms with Crippen molar-refractivity contribution in [3.63, 3.8) is 0 Å². The fourth-order valence-electron chi connectivity index (χ4n) is 3.63. The molecule has 1 amide bonds. The van der Waals surface area contributed by atoms with Crippen molar-refractivity contribution in [1.82, 2.24) is 20.1 Å². The molecule has 7 heteroatoms. The molecule has 4 aromatic rings. The van der Waals surface area contributed by atoms with Crippen LogP contribution < -0.4 is 5.32 Å². The van der Waals surface area contributed by atoms with E-state index in [1.54, 1.807) is 0 Å². The molecule has 1 N–H and O–H groups in total. The summed E-state index contributed by atoms with van der Waals surface area (Å²) in [5.41, 5.74) is 6.00. The summed E-state index contributed by atoms with van der Waals surface area (Å²) in [4.78, 5) is 23.9. The first-order valence-corrected chi connectivity index (χ1v) is 12.5. The van der Waals surface area contributed by atoms with Gasteiger partial charge in [-0.05, 0) is 38.0 Å². The maximum atomic E-state index is 12.9. The van der Waals surface area contributed by atoms with E-state index in [4.69, 9.17) is 0 Å². The third-order valence-electron chi connectivity index (χ3n) is 5.63. The first kappa shape index (κ1) is 24.4. The van der Waals surface area contributed by atoms with Gasteiger partial charge in [0.05, 0.1) is 5.75 Å². The van der Waals surface area contributed by atoms with Crippen molar-refractivity contribution in [2.24, 2.45) is 0 Å². The van der Waals surface area contributed by atoms with Gasteiger partial charge in [0.15, 0.2) is 16.8 Å². The number of hydrogen-bond acceptors (Lipinski definition) is 5. The second kappa shape index (κ2) is 11.1. The minimum absolute atomic E-state index is 0.0266. The zero-order valence-corrected chi connectivity index (χ0v) is 20.9. The fraction of sp³-hybridized carbons (Fsp3) is 0.214. The second-order valence-electron chi connectivity index (χ2n) is 8.48. The normalized spacial score (nSPS) is 10.8. The van der Waals surface area contributed by atoms with E-state index >= 15 is 0 Å². The fourth-order valence-corrected chi connectivity index (χ4v) is 4.48. The van der Waals surface area contributed by atoms with Gasteiger partial charge in [0.1, 0.15) is 0 Å². The number of carbonyl (C=O) groups excluding carboxylic acids is 2. The molecule has 0 unspecified atom stereocenters. The van der Waals surface area contributed by atoms with E-state index in [0.29, 0.717) is 17.3 Å². The van der Waals surface area contributed by atoms with Crippen molar-refractivity contribution < 1.29 is 9.59 Å². The van der Waals surface area contributed by atoms with E-state index in [2.05, 4.69) is 53.6 Å². The average molecular weight is 485 g/mol. The zero-order valence-electron chi connectivity index (χ0n) is 20.1. The SMILES string of the molecule is CC(=O)NCCc1ccc(C(=O)CSc2nnc(-c3ccc(C)cc3)n2-c2ccc(C)cc2)cc1. The number of thioether (sulfide) groups is 1. The van der Waals surface area contributed by atoms with E-state index in [1.165, 1.54) is 29.8 Å². The smallest absolute Gasteiger partial charge is 0.216 e. The van der Waals surface area contributed by atoms with Crippen molar-refractivity contribution in [3.8, 4) is 17.1 Å². The lowest BCUT2D eigenvalue weighted by atomic mass is 10.1. The Bertz CT molecular complexity index is 1310. The van der Waals surface area contributed by atoms with Crippen LogP contribution in [0.25, 0.3) is 17.1 Å². The number of aromatic nitrogens is 3. The van der Waals surface area contributed by atoms with Gasteiger partial charge < -0.3 is 5.32 Å². The van der Waals surface area contributed by atoms with Gasteiger partial charge in [0.25, 0.3) is 0 Å². The third-order valence-corrected chi connectivity index (χ3v) is 6.56. The monoisotopic (exact) mass is 484 g/mol. The molecule has 0 aliphatic carbocycles. The molecule has 0 atom stereocenters. The van der Waals surface area contributed by atoms with Crippen LogP contribution in [-0.4, -0.2) is 38.8 Å². The molecule has 1 aromatic heterocycles. The number of hydrogen-bond donors (Lipinski definition) is 1. The molecule has 178 valence electrons. The molecule has 0 aliphatic rings. The minimum Gasteiger partial charge on any atom is -0.356 e. The zero-order chi connectivity index (χ0) is 24.8. The molecular weight excluding hydrogens is 456 g/mol. The third kappa shape index (κ3) is 6.25. The number of Topliss-reactive ketones (excluding diaryl/α,β-unsaturated/α-hetero) is 1. The Morgan fingerprint density at radius 2 is 1.49 bits per heavy atom. The molecule has 0 aliphatic heterocycles. The maximum Gasteiger partial charge on any atom is 0.216 e. The summed E-state index contributed by atoms with van der Waals surface area (Å²) in [6, 6.07) is 23.9. The van der Waals surface area contributed by atoms with Crippen molar-refractivity contribution in [2.75, 3.05) is 12.3 Å². The number of ketones is 1. The predicted octanol–water partition coefficient (Wildman–Crippen LogP) is 5.20. The number of aryl methyl sites for hydroxylation is 2. The highest BCUT2D eigenvalue weighted by Crippen LogP contribution is 2.29. The van der Waals surface area contributed by atoms with Crippen LogP contribution in [0.2, 0.25) is 0 Å². The number of amides is 1. The molecule has 3 aromatic carbocycles. The first-order valence-electron chi connectivity index (χ1n) is 11.5. The van der Waals surface area contributed by atoms with Crippen LogP contribution in [0.15, 0.2) is 78.0 Å². The largest absolute Gasteiger partial charge is 0.356 e. The lowest BCUT2D eigenvalue weighted by molar-refractivity contribution is -0.118. The summed E-state index contributed by atoms with van der Waals surface area (Å²) in [6.45, 7) is 6.19. The van der Waals surface area contributed by atoms with Crippen molar-refractivity contribution >= 4 is 23.5 Å². The summed E-state index contributed by atoms with van der Waals surface area (Å²) < 4.78 is 2.01. The first-order chi connectivity index (χ1) is 16.9. The molecule has 0 radical (unpaired) electrons. The van der Waals surface area contributed by atoms with Crippen molar-refractivity contribution in [1.29, 1.82) is 0 Å². The highest BCUT2D eigenvalue weighted by molar-refractivity contribution is 7.99. The summed E-state index contributed by atoms with van der Waals surface area (Å²) in [5, 5.41) is 12.4. The molecule has 0 saturated heterocycles. The maximum absolute atomic E-state index is 12.9. The van der Waals surface area contributed by atoms with E-state index in [-0.39, 0.29) is 17.4 Å². The van der Waals surface area contributed by atoms with Crippen LogP contribution in [0.1, 0.15) is 34.0 Å².